The van der Waals surface area contributed by atoms with Crippen molar-refractivity contribution in [3.63, 3.8) is 0 Å². The second kappa shape index (κ2) is 11.1. The molecule has 1 aliphatic heterocycles. The van der Waals surface area contributed by atoms with E-state index in [0.29, 0.717) is 41.8 Å². The van der Waals surface area contributed by atoms with Gasteiger partial charge in [0.05, 0.1) is 6.54 Å². The van der Waals surface area contributed by atoms with Gasteiger partial charge in [0, 0.05) is 54.9 Å². The topological polar surface area (TPSA) is 129 Å². The van der Waals surface area contributed by atoms with Crippen LogP contribution in [0.1, 0.15) is 41.8 Å². The van der Waals surface area contributed by atoms with E-state index in [1.165, 1.54) is 4.90 Å². The van der Waals surface area contributed by atoms with Crippen LogP contribution in [0, 0.1) is 6.92 Å². The fourth-order valence-electron chi connectivity index (χ4n) is 4.21. The molecule has 3 amide bonds. The fraction of sp³-hybridized carbons (Fsp3) is 0.250. The first-order valence-corrected chi connectivity index (χ1v) is 12.2. The van der Waals surface area contributed by atoms with E-state index in [0.717, 1.165) is 28.1 Å². The van der Waals surface area contributed by atoms with Crippen molar-refractivity contribution in [3.05, 3.63) is 94.1 Å². The third-order valence-electron chi connectivity index (χ3n) is 6.15. The van der Waals surface area contributed by atoms with E-state index in [9.17, 15) is 9.59 Å². The summed E-state index contributed by atoms with van der Waals surface area (Å²) in [7, 11) is 3.32. The van der Waals surface area contributed by atoms with Crippen LogP contribution in [0.5, 0.6) is 0 Å². The van der Waals surface area contributed by atoms with Crippen LogP contribution in [0.3, 0.4) is 0 Å². The molecule has 10 heteroatoms. The summed E-state index contributed by atoms with van der Waals surface area (Å²) in [4.78, 5) is 42.5. The molecule has 0 atom stereocenters. The minimum absolute atomic E-state index is 0.166. The molecule has 2 aromatic rings. The zero-order valence-electron chi connectivity index (χ0n) is 22.2. The predicted molar refractivity (Wildman–Crippen MR) is 149 cm³/mol. The third-order valence-corrected chi connectivity index (χ3v) is 6.15. The van der Waals surface area contributed by atoms with Gasteiger partial charge in [0.1, 0.15) is 11.7 Å². The second-order valence-electron chi connectivity index (χ2n) is 9.25. The van der Waals surface area contributed by atoms with Gasteiger partial charge in [0.25, 0.3) is 5.91 Å². The van der Waals surface area contributed by atoms with Crippen molar-refractivity contribution in [1.82, 2.24) is 20.2 Å². The number of urea groups is 1. The maximum atomic E-state index is 13.4. The predicted octanol–water partition coefficient (Wildman–Crippen LogP) is 4.01. The number of aromatic nitrogens is 2. The lowest BCUT2D eigenvalue weighted by Gasteiger charge is -2.35. The Morgan fingerprint density at radius 1 is 1.21 bits per heavy atom. The van der Waals surface area contributed by atoms with E-state index in [4.69, 9.17) is 5.73 Å². The van der Waals surface area contributed by atoms with Gasteiger partial charge in [-0.15, -0.1) is 0 Å². The van der Waals surface area contributed by atoms with Crippen molar-refractivity contribution < 1.29 is 9.59 Å². The molecular weight excluding hydrogens is 480 g/mol. The van der Waals surface area contributed by atoms with Gasteiger partial charge in [-0.1, -0.05) is 29.8 Å². The molecule has 0 radical (unpaired) electrons. The Hall–Kier alpha value is -4.73. The number of allylic oxidation sites excluding steroid dienone is 5. The maximum absolute atomic E-state index is 13.4. The summed E-state index contributed by atoms with van der Waals surface area (Å²) in [5, 5.41) is 6.02. The summed E-state index contributed by atoms with van der Waals surface area (Å²) in [5.74, 6) is 1.18. The number of aliphatic imine (C=N–C) groups is 1. The number of rotatable bonds is 5. The maximum Gasteiger partial charge on any atom is 0.330 e. The molecule has 0 spiro atoms. The molecule has 1 aliphatic carbocycles. The quantitative estimate of drug-likeness (QED) is 0.410. The smallest absolute Gasteiger partial charge is 0.330 e. The highest BCUT2D eigenvalue weighted by Crippen LogP contribution is 2.31. The summed E-state index contributed by atoms with van der Waals surface area (Å²) in [6.07, 6.45) is 9.60. The Balaban J connectivity index is 1.52. The molecule has 10 nitrogen and oxygen atoms in total. The molecule has 38 heavy (non-hydrogen) atoms. The number of aryl methyl sites for hydroxylation is 1. The van der Waals surface area contributed by atoms with Crippen LogP contribution in [0.4, 0.5) is 16.6 Å². The summed E-state index contributed by atoms with van der Waals surface area (Å²) in [6.45, 7) is 5.97. The summed E-state index contributed by atoms with van der Waals surface area (Å²) < 4.78 is 0. The summed E-state index contributed by atoms with van der Waals surface area (Å²) in [5.41, 5.74) is 11.2. The third kappa shape index (κ3) is 5.80. The number of hydrogen-bond acceptors (Lipinski definition) is 6. The normalized spacial score (nSPS) is 16.2. The van der Waals surface area contributed by atoms with Crippen LogP contribution < -0.4 is 21.3 Å². The van der Waals surface area contributed by atoms with Gasteiger partial charge in [-0.05, 0) is 50.6 Å². The summed E-state index contributed by atoms with van der Waals surface area (Å²) >= 11 is 0. The number of fused-ring (bicyclic) bond motifs is 1. The Bertz CT molecular complexity index is 1430. The Morgan fingerprint density at radius 2 is 2.00 bits per heavy atom. The number of hydrogen-bond donors (Lipinski definition) is 3. The van der Waals surface area contributed by atoms with Gasteiger partial charge in [0.15, 0.2) is 0 Å². The average molecular weight is 513 g/mol. The van der Waals surface area contributed by atoms with Crippen molar-refractivity contribution in [2.45, 2.75) is 33.7 Å². The zero-order valence-corrected chi connectivity index (χ0v) is 22.2. The first-order chi connectivity index (χ1) is 18.2. The highest BCUT2D eigenvalue weighted by Gasteiger charge is 2.32. The minimum Gasteiger partial charge on any atom is -0.402 e. The van der Waals surface area contributed by atoms with E-state index in [1.807, 2.05) is 50.3 Å². The average Bonchev–Trinajstić information content (AvgIpc) is 3.06. The fourth-order valence-corrected chi connectivity index (χ4v) is 4.21. The number of nitrogens with zero attached hydrogens (tertiary/aromatic N) is 5. The molecule has 1 aromatic carbocycles. The number of amidine groups is 1. The molecule has 1 aromatic heterocycles. The van der Waals surface area contributed by atoms with Crippen molar-refractivity contribution in [2.24, 2.45) is 10.7 Å². The molecule has 4 N–H and O–H groups in total. The van der Waals surface area contributed by atoms with Gasteiger partial charge < -0.3 is 16.4 Å². The highest BCUT2D eigenvalue weighted by molar-refractivity contribution is 6.03. The lowest BCUT2D eigenvalue weighted by Crippen LogP contribution is -2.45. The standard InChI is InChI=1S/C28H32N8O2/c1-17-7-6-8-20(13-17)26(37)32-22-10-9-18(2)23(12-11-22)36-16-21-15-31-27(33-24(30-4)14-19(3)29)34-25(21)35(5)28(36)38/h6-10,12-15H,11,16,29H2,1-5H3,(H,32,37)(H,30,31,33,34). The van der Waals surface area contributed by atoms with Crippen LogP contribution >= 0.6 is 0 Å². The van der Waals surface area contributed by atoms with Crippen molar-refractivity contribution >= 4 is 29.5 Å². The largest absolute Gasteiger partial charge is 0.402 e. The van der Waals surface area contributed by atoms with Crippen molar-refractivity contribution in [3.8, 4) is 0 Å². The Morgan fingerprint density at radius 3 is 2.71 bits per heavy atom. The molecule has 0 saturated carbocycles. The Kier molecular flexibility index (Phi) is 7.71. The van der Waals surface area contributed by atoms with E-state index < -0.39 is 0 Å². The van der Waals surface area contributed by atoms with E-state index in [1.54, 1.807) is 44.3 Å². The molecule has 0 unspecified atom stereocenters. The van der Waals surface area contributed by atoms with Gasteiger partial charge in [-0.2, -0.15) is 4.98 Å². The lowest BCUT2D eigenvalue weighted by atomic mass is 10.1. The van der Waals surface area contributed by atoms with Gasteiger partial charge in [-0.3, -0.25) is 19.6 Å². The molecular formula is C28H32N8O2. The van der Waals surface area contributed by atoms with Crippen LogP contribution in [-0.2, 0) is 6.54 Å². The molecule has 196 valence electrons. The van der Waals surface area contributed by atoms with Gasteiger partial charge in [-0.25, -0.2) is 9.78 Å². The first kappa shape index (κ1) is 26.3. The molecule has 2 heterocycles. The monoisotopic (exact) mass is 512 g/mol. The number of nitrogens with two attached hydrogens (primary N) is 1. The van der Waals surface area contributed by atoms with Crippen LogP contribution in [0.25, 0.3) is 0 Å². The number of carbonyl (C=O) groups excluding carboxylic acids is 2. The van der Waals surface area contributed by atoms with Crippen molar-refractivity contribution in [2.75, 3.05) is 24.3 Å². The molecule has 0 bridgehead atoms. The van der Waals surface area contributed by atoms with E-state index in [2.05, 4.69) is 25.6 Å². The number of anilines is 2. The van der Waals surface area contributed by atoms with Gasteiger partial charge >= 0.3 is 6.03 Å². The molecule has 0 fully saturated rings. The van der Waals surface area contributed by atoms with Crippen LogP contribution in [0.15, 0.2) is 82.4 Å². The summed E-state index contributed by atoms with van der Waals surface area (Å²) in [6, 6.07) is 7.24. The lowest BCUT2D eigenvalue weighted by molar-refractivity contribution is 0.0965. The number of carbonyl (C=O) groups is 2. The molecule has 2 aliphatic rings. The Labute approximate surface area is 222 Å². The zero-order chi connectivity index (χ0) is 27.4. The SMILES string of the molecule is CN=C(C=C(C)N)Nc1ncc2c(n1)N(C)C(=O)N(C1=CCC(NC(=O)c3cccc(C)c3)=CC=C1C)C2. The minimum atomic E-state index is -0.213. The number of nitrogens with one attached hydrogen (secondary N) is 2. The van der Waals surface area contributed by atoms with E-state index >= 15 is 0 Å². The first-order valence-electron chi connectivity index (χ1n) is 12.2. The van der Waals surface area contributed by atoms with Crippen LogP contribution in [0.2, 0.25) is 0 Å². The van der Waals surface area contributed by atoms with Crippen LogP contribution in [-0.4, -0.2) is 46.7 Å². The van der Waals surface area contributed by atoms with E-state index in [-0.39, 0.29) is 11.9 Å². The van der Waals surface area contributed by atoms with Crippen molar-refractivity contribution in [1.29, 1.82) is 0 Å². The van der Waals surface area contributed by atoms with Gasteiger partial charge in [0.2, 0.25) is 5.95 Å². The molecule has 0 saturated heterocycles. The molecule has 4 rings (SSSR count). The highest BCUT2D eigenvalue weighted by atomic mass is 16.2. The number of benzene rings is 1. The number of amides is 3. The second-order valence-corrected chi connectivity index (χ2v) is 9.25.